The minimum atomic E-state index is -4.55. The van der Waals surface area contributed by atoms with E-state index < -0.39 is 54.7 Å². The molecule has 0 bridgehead atoms. The SMILES string of the molecule is Cc1nnn(Cc2cc(C(F)(F)F)ccc2CCC(=O)N2CCC(C(c3ccc(S(N)(=O)=O)cc3F)S(=O)O)CC2)n1. The predicted molar refractivity (Wildman–Crippen MR) is 142 cm³/mol. The Kier molecular flexibility index (Phi) is 9.44. The van der Waals surface area contributed by atoms with Crippen LogP contribution in [-0.2, 0) is 45.0 Å². The van der Waals surface area contributed by atoms with E-state index in [9.17, 15) is 39.5 Å². The highest BCUT2D eigenvalue weighted by Crippen LogP contribution is 2.37. The van der Waals surface area contributed by atoms with Crippen molar-refractivity contribution >= 4 is 27.0 Å². The van der Waals surface area contributed by atoms with Gasteiger partial charge in [-0.25, -0.2) is 22.2 Å². The third-order valence-electron chi connectivity index (χ3n) is 7.15. The van der Waals surface area contributed by atoms with Crippen molar-refractivity contribution < 1.29 is 39.5 Å². The van der Waals surface area contributed by atoms with Gasteiger partial charge in [0.15, 0.2) is 16.9 Å². The highest BCUT2D eigenvalue weighted by molar-refractivity contribution is 7.89. The predicted octanol–water partition coefficient (Wildman–Crippen LogP) is 2.97. The number of nitrogens with two attached hydrogens (primary N) is 1. The summed E-state index contributed by atoms with van der Waals surface area (Å²) >= 11 is -2.49. The zero-order valence-corrected chi connectivity index (χ0v) is 23.9. The Morgan fingerprint density at radius 1 is 1.17 bits per heavy atom. The molecule has 1 amide bonds. The molecule has 1 saturated heterocycles. The van der Waals surface area contributed by atoms with E-state index in [1.807, 2.05) is 0 Å². The van der Waals surface area contributed by atoms with Gasteiger partial charge in [0.2, 0.25) is 15.9 Å². The molecule has 0 aliphatic carbocycles. The van der Waals surface area contributed by atoms with Crippen molar-refractivity contribution in [3.63, 3.8) is 0 Å². The maximum Gasteiger partial charge on any atom is 0.416 e. The summed E-state index contributed by atoms with van der Waals surface area (Å²) in [6, 6.07) is 6.20. The Balaban J connectivity index is 1.42. The molecule has 11 nitrogen and oxygen atoms in total. The maximum absolute atomic E-state index is 14.8. The number of carbonyl (C=O) groups excluding carboxylic acids is 1. The number of carbonyl (C=O) groups is 1. The molecule has 2 heterocycles. The molecule has 4 rings (SSSR count). The van der Waals surface area contributed by atoms with Gasteiger partial charge in [-0.05, 0) is 72.7 Å². The van der Waals surface area contributed by atoms with Gasteiger partial charge in [0.25, 0.3) is 0 Å². The molecule has 1 aliphatic heterocycles. The summed E-state index contributed by atoms with van der Waals surface area (Å²) in [5.41, 5.74) is -0.134. The van der Waals surface area contributed by atoms with Crippen molar-refractivity contribution in [3.8, 4) is 0 Å². The second kappa shape index (κ2) is 12.5. The Labute approximate surface area is 241 Å². The molecule has 0 spiro atoms. The zero-order chi connectivity index (χ0) is 30.8. The van der Waals surface area contributed by atoms with Crippen molar-refractivity contribution in [2.24, 2.45) is 11.1 Å². The summed E-state index contributed by atoms with van der Waals surface area (Å²) in [4.78, 5) is 15.3. The average Bonchev–Trinajstić information content (AvgIpc) is 3.32. The van der Waals surface area contributed by atoms with Crippen LogP contribution in [0.25, 0.3) is 0 Å². The number of alkyl halides is 3. The van der Waals surface area contributed by atoms with Crippen LogP contribution in [0.15, 0.2) is 41.3 Å². The van der Waals surface area contributed by atoms with E-state index in [0.29, 0.717) is 23.0 Å². The van der Waals surface area contributed by atoms with Crippen LogP contribution < -0.4 is 5.14 Å². The quantitative estimate of drug-likeness (QED) is 0.269. The van der Waals surface area contributed by atoms with Gasteiger partial charge in [-0.2, -0.15) is 18.0 Å². The number of halogens is 4. The number of piperidine rings is 1. The molecule has 3 N–H and O–H groups in total. The monoisotopic (exact) mass is 632 g/mol. The van der Waals surface area contributed by atoms with Gasteiger partial charge in [0, 0.05) is 25.1 Å². The first-order valence-electron chi connectivity index (χ1n) is 12.8. The van der Waals surface area contributed by atoms with Crippen LogP contribution in [0.5, 0.6) is 0 Å². The first-order chi connectivity index (χ1) is 19.6. The highest BCUT2D eigenvalue weighted by atomic mass is 32.2. The Morgan fingerprint density at radius 2 is 1.86 bits per heavy atom. The van der Waals surface area contributed by atoms with E-state index in [1.165, 1.54) is 10.9 Å². The summed E-state index contributed by atoms with van der Waals surface area (Å²) in [6.07, 6.45) is -3.83. The summed E-state index contributed by atoms with van der Waals surface area (Å²) in [5.74, 6) is -1.34. The van der Waals surface area contributed by atoms with Crippen molar-refractivity contribution in [2.45, 2.75) is 55.5 Å². The summed E-state index contributed by atoms with van der Waals surface area (Å²) in [6.45, 7) is 1.97. The largest absolute Gasteiger partial charge is 0.416 e. The lowest BCUT2D eigenvalue weighted by Gasteiger charge is -2.35. The normalized spacial score (nSPS) is 16.4. The van der Waals surface area contributed by atoms with E-state index in [1.54, 1.807) is 11.8 Å². The molecule has 3 aromatic rings. The lowest BCUT2D eigenvalue weighted by Crippen LogP contribution is -2.40. The number of sulfonamides is 1. The standard InChI is InChI=1S/C25H28F4N6O5S2/c1-15-31-33-35(32-15)14-18-12-19(25(27,28)29)4-2-16(18)3-7-23(36)34-10-8-17(9-11-34)24(41(37)38)21-6-5-20(13-22(21)26)42(30,39)40/h2,4-6,12-13,17,24H,3,7-11,14H2,1H3,(H,37,38)(H2,30,39,40). The van der Waals surface area contributed by atoms with E-state index in [4.69, 9.17) is 5.14 Å². The zero-order valence-electron chi connectivity index (χ0n) is 22.3. The molecule has 1 aromatic heterocycles. The number of tetrazole rings is 1. The fourth-order valence-corrected chi connectivity index (χ4v) is 6.57. The first kappa shape index (κ1) is 31.7. The number of likely N-dealkylation sites (tertiary alicyclic amines) is 1. The summed E-state index contributed by atoms with van der Waals surface area (Å²) in [7, 11) is -4.16. The Hall–Kier alpha value is -3.28. The highest BCUT2D eigenvalue weighted by Gasteiger charge is 2.35. The van der Waals surface area contributed by atoms with Crippen LogP contribution in [0.1, 0.15) is 52.6 Å². The average molecular weight is 633 g/mol. The number of rotatable bonds is 9. The van der Waals surface area contributed by atoms with Crippen molar-refractivity contribution in [3.05, 3.63) is 70.3 Å². The minimum Gasteiger partial charge on any atom is -0.343 e. The number of nitrogens with zero attached hydrogens (tertiary/aromatic N) is 5. The number of aryl methyl sites for hydroxylation is 2. The lowest BCUT2D eigenvalue weighted by molar-refractivity contribution is -0.137. The smallest absolute Gasteiger partial charge is 0.343 e. The van der Waals surface area contributed by atoms with E-state index in [-0.39, 0.29) is 56.8 Å². The fraction of sp³-hybridized carbons (Fsp3) is 0.440. The minimum absolute atomic E-state index is 0.00581. The molecule has 42 heavy (non-hydrogen) atoms. The van der Waals surface area contributed by atoms with Gasteiger partial charge in [-0.15, -0.1) is 10.2 Å². The van der Waals surface area contributed by atoms with E-state index >= 15 is 0 Å². The number of amides is 1. The molecule has 0 radical (unpaired) electrons. The summed E-state index contributed by atoms with van der Waals surface area (Å²) in [5, 5.41) is 15.4. The number of aromatic nitrogens is 4. The molecule has 0 saturated carbocycles. The van der Waals surface area contributed by atoms with Gasteiger partial charge >= 0.3 is 6.18 Å². The molecule has 2 unspecified atom stereocenters. The molecule has 17 heteroatoms. The molecule has 2 atom stereocenters. The molecule has 1 fully saturated rings. The molecule has 2 aromatic carbocycles. The van der Waals surface area contributed by atoms with Gasteiger partial charge in [-0.3, -0.25) is 4.79 Å². The second-order valence-electron chi connectivity index (χ2n) is 9.99. The number of hydrogen-bond acceptors (Lipinski definition) is 7. The van der Waals surface area contributed by atoms with Gasteiger partial charge in [0.1, 0.15) is 5.82 Å². The van der Waals surface area contributed by atoms with Crippen LogP contribution >= 0.6 is 0 Å². The van der Waals surface area contributed by atoms with Crippen LogP contribution in [0.3, 0.4) is 0 Å². The van der Waals surface area contributed by atoms with Crippen LogP contribution in [0.2, 0.25) is 0 Å². The first-order valence-corrected chi connectivity index (χ1v) is 15.5. The van der Waals surface area contributed by atoms with Crippen LogP contribution in [-0.4, -0.2) is 61.3 Å². The van der Waals surface area contributed by atoms with Gasteiger partial charge in [0.05, 0.1) is 22.3 Å². The van der Waals surface area contributed by atoms with Crippen molar-refractivity contribution in [2.75, 3.05) is 13.1 Å². The number of benzene rings is 2. The van der Waals surface area contributed by atoms with Crippen LogP contribution in [0.4, 0.5) is 17.6 Å². The lowest BCUT2D eigenvalue weighted by atomic mass is 9.89. The van der Waals surface area contributed by atoms with Gasteiger partial charge < -0.3 is 9.45 Å². The third kappa shape index (κ3) is 7.56. The fourth-order valence-electron chi connectivity index (χ4n) is 5.03. The van der Waals surface area contributed by atoms with Gasteiger partial charge in [-0.1, -0.05) is 12.1 Å². The maximum atomic E-state index is 14.8. The third-order valence-corrected chi connectivity index (χ3v) is 9.14. The van der Waals surface area contributed by atoms with Crippen molar-refractivity contribution in [1.82, 2.24) is 25.1 Å². The second-order valence-corrected chi connectivity index (χ2v) is 12.6. The van der Waals surface area contributed by atoms with Crippen molar-refractivity contribution in [1.29, 1.82) is 0 Å². The Bertz CT molecular complexity index is 1590. The van der Waals surface area contributed by atoms with E-state index in [2.05, 4.69) is 15.4 Å². The topological polar surface area (TPSA) is 161 Å². The molecule has 228 valence electrons. The molecule has 1 aliphatic rings. The van der Waals surface area contributed by atoms with Crippen LogP contribution in [0, 0.1) is 18.7 Å². The number of primary sulfonamides is 1. The number of hydrogen-bond donors (Lipinski definition) is 2. The molecular weight excluding hydrogens is 604 g/mol. The Morgan fingerprint density at radius 3 is 2.40 bits per heavy atom. The summed E-state index contributed by atoms with van der Waals surface area (Å²) < 4.78 is 100.0. The van der Waals surface area contributed by atoms with E-state index in [0.717, 1.165) is 24.3 Å². The molecular formula is C25H28F4N6O5S2.